The second kappa shape index (κ2) is 6.20. The smallest absolute Gasteiger partial charge is 0.371 e. The van der Waals surface area contributed by atoms with Crippen molar-refractivity contribution in [3.05, 3.63) is 23.7 Å². The third kappa shape index (κ3) is 4.24. The molecule has 0 spiro atoms. The third-order valence-electron chi connectivity index (χ3n) is 3.91. The minimum atomic E-state index is -1.11. The zero-order chi connectivity index (χ0) is 15.5. The van der Waals surface area contributed by atoms with E-state index < -0.39 is 5.97 Å². The topological polar surface area (TPSA) is 82.8 Å². The van der Waals surface area contributed by atoms with Crippen molar-refractivity contribution in [2.24, 2.45) is 5.41 Å². The first kappa shape index (κ1) is 15.4. The van der Waals surface area contributed by atoms with E-state index in [4.69, 9.17) is 9.52 Å². The number of nitrogens with one attached hydrogen (secondary N) is 1. The molecule has 21 heavy (non-hydrogen) atoms. The summed E-state index contributed by atoms with van der Waals surface area (Å²) in [6.45, 7) is 6.16. The lowest BCUT2D eigenvalue weighted by Crippen LogP contribution is -2.40. The number of hydrogen-bond donors (Lipinski definition) is 2. The van der Waals surface area contributed by atoms with Crippen LogP contribution in [-0.4, -0.2) is 35.1 Å². The Balaban J connectivity index is 1.85. The SMILES string of the molecule is CC1(C)CCCN(C(=O)NCc2ccc(C(=O)O)o2)CC1. The van der Waals surface area contributed by atoms with Crippen LogP contribution >= 0.6 is 0 Å². The van der Waals surface area contributed by atoms with Crippen molar-refractivity contribution < 1.29 is 19.1 Å². The molecule has 1 saturated heterocycles. The number of rotatable bonds is 3. The zero-order valence-corrected chi connectivity index (χ0v) is 12.5. The molecule has 0 aliphatic carbocycles. The molecule has 6 nitrogen and oxygen atoms in total. The Morgan fingerprint density at radius 2 is 2.10 bits per heavy atom. The highest BCUT2D eigenvalue weighted by Crippen LogP contribution is 2.29. The van der Waals surface area contributed by atoms with Gasteiger partial charge < -0.3 is 19.7 Å². The first-order valence-electron chi connectivity index (χ1n) is 7.22. The highest BCUT2D eigenvalue weighted by atomic mass is 16.4. The third-order valence-corrected chi connectivity index (χ3v) is 3.91. The van der Waals surface area contributed by atoms with Gasteiger partial charge in [0.05, 0.1) is 6.54 Å². The second-order valence-electron chi connectivity index (χ2n) is 6.23. The number of carboxylic acids is 1. The molecule has 0 bridgehead atoms. The summed E-state index contributed by atoms with van der Waals surface area (Å²) < 4.78 is 5.11. The summed E-state index contributed by atoms with van der Waals surface area (Å²) in [5, 5.41) is 11.5. The summed E-state index contributed by atoms with van der Waals surface area (Å²) in [6.07, 6.45) is 3.12. The first-order chi connectivity index (χ1) is 9.87. The van der Waals surface area contributed by atoms with E-state index in [1.807, 2.05) is 4.90 Å². The van der Waals surface area contributed by atoms with E-state index >= 15 is 0 Å². The lowest BCUT2D eigenvalue weighted by atomic mass is 9.85. The van der Waals surface area contributed by atoms with E-state index in [0.717, 1.165) is 32.4 Å². The molecule has 1 aromatic heterocycles. The predicted octanol–water partition coefficient (Wildman–Crippen LogP) is 2.70. The molecule has 2 heterocycles. The van der Waals surface area contributed by atoms with Gasteiger partial charge in [0, 0.05) is 13.1 Å². The Bertz CT molecular complexity index is 521. The van der Waals surface area contributed by atoms with Gasteiger partial charge in [-0.3, -0.25) is 0 Å². The van der Waals surface area contributed by atoms with Crippen LogP contribution in [0.15, 0.2) is 16.5 Å². The Morgan fingerprint density at radius 3 is 2.76 bits per heavy atom. The minimum Gasteiger partial charge on any atom is -0.475 e. The molecule has 116 valence electrons. The molecule has 0 atom stereocenters. The lowest BCUT2D eigenvalue weighted by molar-refractivity contribution is 0.0660. The lowest BCUT2D eigenvalue weighted by Gasteiger charge is -2.23. The maximum Gasteiger partial charge on any atom is 0.371 e. The molecule has 2 amide bonds. The van der Waals surface area contributed by atoms with Crippen LogP contribution in [0.2, 0.25) is 0 Å². The van der Waals surface area contributed by atoms with Gasteiger partial charge in [0.25, 0.3) is 0 Å². The fraction of sp³-hybridized carbons (Fsp3) is 0.600. The van der Waals surface area contributed by atoms with E-state index in [9.17, 15) is 9.59 Å². The van der Waals surface area contributed by atoms with Gasteiger partial charge in [0.2, 0.25) is 5.76 Å². The van der Waals surface area contributed by atoms with Crippen LogP contribution in [0.1, 0.15) is 49.4 Å². The number of aromatic carboxylic acids is 1. The summed E-state index contributed by atoms with van der Waals surface area (Å²) in [6, 6.07) is 2.83. The van der Waals surface area contributed by atoms with Crippen LogP contribution in [0, 0.1) is 5.41 Å². The molecule has 0 unspecified atom stereocenters. The number of urea groups is 1. The number of hydrogen-bond acceptors (Lipinski definition) is 3. The van der Waals surface area contributed by atoms with Crippen molar-refractivity contribution in [1.29, 1.82) is 0 Å². The molecule has 1 aromatic rings. The van der Waals surface area contributed by atoms with Crippen LogP contribution in [-0.2, 0) is 6.54 Å². The van der Waals surface area contributed by atoms with E-state index in [2.05, 4.69) is 19.2 Å². The van der Waals surface area contributed by atoms with Crippen molar-refractivity contribution in [3.8, 4) is 0 Å². The molecule has 2 N–H and O–H groups in total. The van der Waals surface area contributed by atoms with E-state index in [-0.39, 0.29) is 23.8 Å². The molecular formula is C15H22N2O4. The number of carbonyl (C=O) groups excluding carboxylic acids is 1. The Morgan fingerprint density at radius 1 is 1.33 bits per heavy atom. The summed E-state index contributed by atoms with van der Waals surface area (Å²) in [5.74, 6) is -0.783. The summed E-state index contributed by atoms with van der Waals surface area (Å²) in [5.41, 5.74) is 0.284. The quantitative estimate of drug-likeness (QED) is 0.898. The van der Waals surface area contributed by atoms with Gasteiger partial charge in [-0.25, -0.2) is 9.59 Å². The molecular weight excluding hydrogens is 272 g/mol. The van der Waals surface area contributed by atoms with Crippen molar-refractivity contribution in [1.82, 2.24) is 10.2 Å². The van der Waals surface area contributed by atoms with Gasteiger partial charge in [-0.15, -0.1) is 0 Å². The molecule has 0 radical (unpaired) electrons. The van der Waals surface area contributed by atoms with Gasteiger partial charge in [0.15, 0.2) is 0 Å². The summed E-state index contributed by atoms with van der Waals surface area (Å²) in [4.78, 5) is 24.7. The Hall–Kier alpha value is -1.98. The van der Waals surface area contributed by atoms with Crippen LogP contribution in [0.4, 0.5) is 4.79 Å². The Labute approximate surface area is 124 Å². The van der Waals surface area contributed by atoms with Gasteiger partial charge in [-0.2, -0.15) is 0 Å². The molecule has 2 rings (SSSR count). The molecule has 1 fully saturated rings. The van der Waals surface area contributed by atoms with Crippen LogP contribution in [0.3, 0.4) is 0 Å². The monoisotopic (exact) mass is 294 g/mol. The molecule has 1 aliphatic rings. The number of carboxylic acid groups (broad SMARTS) is 1. The number of carbonyl (C=O) groups is 2. The maximum atomic E-state index is 12.1. The van der Waals surface area contributed by atoms with Crippen molar-refractivity contribution in [3.63, 3.8) is 0 Å². The van der Waals surface area contributed by atoms with Crippen LogP contribution in [0.25, 0.3) is 0 Å². The highest BCUT2D eigenvalue weighted by molar-refractivity contribution is 5.84. The second-order valence-corrected chi connectivity index (χ2v) is 6.23. The van der Waals surface area contributed by atoms with E-state index in [1.165, 1.54) is 6.07 Å². The first-order valence-corrected chi connectivity index (χ1v) is 7.22. The van der Waals surface area contributed by atoms with Gasteiger partial charge >= 0.3 is 12.0 Å². The standard InChI is InChI=1S/C15H22N2O4/c1-15(2)6-3-8-17(9-7-15)14(20)16-10-11-4-5-12(21-11)13(18)19/h4-5H,3,6-10H2,1-2H3,(H,16,20)(H,18,19). The fourth-order valence-electron chi connectivity index (χ4n) is 2.49. The fourth-order valence-corrected chi connectivity index (χ4v) is 2.49. The van der Waals surface area contributed by atoms with E-state index in [1.54, 1.807) is 6.07 Å². The largest absolute Gasteiger partial charge is 0.475 e. The summed E-state index contributed by atoms with van der Waals surface area (Å²) in [7, 11) is 0. The van der Waals surface area contributed by atoms with Crippen molar-refractivity contribution in [2.75, 3.05) is 13.1 Å². The number of likely N-dealkylation sites (tertiary alicyclic amines) is 1. The number of nitrogens with zero attached hydrogens (tertiary/aromatic N) is 1. The van der Waals surface area contributed by atoms with Gasteiger partial charge in [-0.1, -0.05) is 13.8 Å². The molecule has 1 aliphatic heterocycles. The number of furan rings is 1. The van der Waals surface area contributed by atoms with Crippen LogP contribution in [0.5, 0.6) is 0 Å². The normalized spacial score (nSPS) is 18.1. The van der Waals surface area contributed by atoms with Crippen LogP contribution < -0.4 is 5.32 Å². The predicted molar refractivity (Wildman–Crippen MR) is 77.1 cm³/mol. The average molecular weight is 294 g/mol. The Kier molecular flexibility index (Phi) is 4.55. The minimum absolute atomic E-state index is 0.115. The maximum absolute atomic E-state index is 12.1. The highest BCUT2D eigenvalue weighted by Gasteiger charge is 2.25. The van der Waals surface area contributed by atoms with Gasteiger partial charge in [0.1, 0.15) is 5.76 Å². The average Bonchev–Trinajstić information content (AvgIpc) is 2.81. The molecule has 0 saturated carbocycles. The van der Waals surface area contributed by atoms with E-state index in [0.29, 0.717) is 5.76 Å². The van der Waals surface area contributed by atoms with Crippen molar-refractivity contribution >= 4 is 12.0 Å². The van der Waals surface area contributed by atoms with Gasteiger partial charge in [-0.05, 0) is 36.8 Å². The molecule has 6 heteroatoms. The van der Waals surface area contributed by atoms with Crippen molar-refractivity contribution in [2.45, 2.75) is 39.7 Å². The molecule has 0 aromatic carbocycles. The zero-order valence-electron chi connectivity index (χ0n) is 12.5. The number of amides is 2. The summed E-state index contributed by atoms with van der Waals surface area (Å²) >= 11 is 0.